The van der Waals surface area contributed by atoms with Gasteiger partial charge >= 0.3 is 0 Å². The molecule has 0 bridgehead atoms. The van der Waals surface area contributed by atoms with Gasteiger partial charge in [-0.3, -0.25) is 0 Å². The number of ether oxygens (including phenoxy) is 2. The topological polar surface area (TPSA) is 34.1 Å². The van der Waals surface area contributed by atoms with Gasteiger partial charge in [-0.15, -0.1) is 0 Å². The predicted octanol–water partition coefficient (Wildman–Crippen LogP) is 5.70. The van der Waals surface area contributed by atoms with Crippen molar-refractivity contribution in [1.29, 1.82) is 0 Å². The second-order valence-electron chi connectivity index (χ2n) is 6.91. The van der Waals surface area contributed by atoms with E-state index < -0.39 is 0 Å². The van der Waals surface area contributed by atoms with E-state index in [1.165, 1.54) is 5.56 Å². The summed E-state index contributed by atoms with van der Waals surface area (Å²) < 4.78 is 13.0. The summed E-state index contributed by atoms with van der Waals surface area (Å²) in [7, 11) is 1.68. The van der Waals surface area contributed by atoms with Crippen molar-refractivity contribution in [3.8, 4) is 11.5 Å². The van der Waals surface area contributed by atoms with Crippen molar-refractivity contribution in [2.75, 3.05) is 7.11 Å². The molecule has 0 saturated heterocycles. The van der Waals surface area contributed by atoms with Crippen LogP contribution >= 0.6 is 15.9 Å². The highest BCUT2D eigenvalue weighted by molar-refractivity contribution is 9.10. The lowest BCUT2D eigenvalue weighted by molar-refractivity contribution is -0.0203. The molecule has 2 aliphatic heterocycles. The Kier molecular flexibility index (Phi) is 4.32. The van der Waals surface area contributed by atoms with E-state index >= 15 is 0 Å². The average Bonchev–Trinajstić information content (AvgIpc) is 3.19. The average molecular weight is 435 g/mol. The van der Waals surface area contributed by atoms with Gasteiger partial charge in [-0.05, 0) is 29.8 Å². The SMILES string of the molecule is COc1ccc(Br)cc1[C@@H]1Oc2ccccc2[C@@H]2CC(c3ccccc3)=NN21. The normalized spacial score (nSPS) is 20.1. The van der Waals surface area contributed by atoms with Crippen LogP contribution in [0.3, 0.4) is 0 Å². The fraction of sp³-hybridized carbons (Fsp3) is 0.174. The molecule has 3 aromatic rings. The Bertz CT molecular complexity index is 1050. The van der Waals surface area contributed by atoms with E-state index in [0.29, 0.717) is 0 Å². The number of hydrogen-bond acceptors (Lipinski definition) is 4. The maximum absolute atomic E-state index is 6.43. The third kappa shape index (κ3) is 2.87. The van der Waals surface area contributed by atoms with Gasteiger partial charge in [0.1, 0.15) is 11.5 Å². The standard InChI is InChI=1S/C23H19BrN2O2/c1-27-21-12-11-16(24)13-18(21)23-26-20(17-9-5-6-10-22(17)28-23)14-19(25-26)15-7-3-2-4-8-15/h2-13,20,23H,14H2,1H3/t20-,23-/m0/s1. The molecule has 0 N–H and O–H groups in total. The van der Waals surface area contributed by atoms with Crippen molar-refractivity contribution in [1.82, 2.24) is 5.01 Å². The lowest BCUT2D eigenvalue weighted by Crippen LogP contribution is -2.33. The molecule has 0 radical (unpaired) electrons. The Hall–Kier alpha value is -2.79. The van der Waals surface area contributed by atoms with E-state index in [4.69, 9.17) is 14.6 Å². The molecule has 140 valence electrons. The summed E-state index contributed by atoms with van der Waals surface area (Å²) in [6.07, 6.45) is 0.491. The minimum absolute atomic E-state index is 0.133. The van der Waals surface area contributed by atoms with E-state index in [1.54, 1.807) is 7.11 Å². The van der Waals surface area contributed by atoms with Crippen LogP contribution in [0, 0.1) is 0 Å². The van der Waals surface area contributed by atoms with Gasteiger partial charge in [0, 0.05) is 16.5 Å². The number of hydrazone groups is 1. The number of benzene rings is 3. The number of hydrogen-bond donors (Lipinski definition) is 0. The van der Waals surface area contributed by atoms with Crippen LogP contribution in [-0.4, -0.2) is 17.8 Å². The van der Waals surface area contributed by atoms with Crippen molar-refractivity contribution in [3.05, 3.63) is 94.0 Å². The molecule has 5 rings (SSSR count). The van der Waals surface area contributed by atoms with Gasteiger partial charge in [-0.1, -0.05) is 64.5 Å². The third-order valence-electron chi connectivity index (χ3n) is 5.26. The van der Waals surface area contributed by atoms with Crippen LogP contribution in [0.5, 0.6) is 11.5 Å². The highest BCUT2D eigenvalue weighted by atomic mass is 79.9. The fourth-order valence-electron chi connectivity index (χ4n) is 3.94. The molecular weight excluding hydrogens is 416 g/mol. The summed E-state index contributed by atoms with van der Waals surface area (Å²) in [5.41, 5.74) is 4.34. The highest BCUT2D eigenvalue weighted by Gasteiger charge is 2.41. The van der Waals surface area contributed by atoms with E-state index in [2.05, 4.69) is 57.3 Å². The first kappa shape index (κ1) is 17.3. The van der Waals surface area contributed by atoms with Gasteiger partial charge in [-0.25, -0.2) is 5.01 Å². The Labute approximate surface area is 172 Å². The van der Waals surface area contributed by atoms with Gasteiger partial charge in [0.25, 0.3) is 0 Å². The molecule has 0 unspecified atom stereocenters. The van der Waals surface area contributed by atoms with Gasteiger partial charge in [0.05, 0.1) is 24.4 Å². The summed E-state index contributed by atoms with van der Waals surface area (Å²) >= 11 is 3.58. The molecule has 2 heterocycles. The highest BCUT2D eigenvalue weighted by Crippen LogP contribution is 2.49. The molecule has 4 nitrogen and oxygen atoms in total. The Morgan fingerprint density at radius 1 is 1.00 bits per heavy atom. The fourth-order valence-corrected chi connectivity index (χ4v) is 4.32. The molecule has 0 aliphatic carbocycles. The molecule has 2 atom stereocenters. The van der Waals surface area contributed by atoms with E-state index in [-0.39, 0.29) is 12.3 Å². The number of halogens is 1. The Balaban J connectivity index is 1.64. The van der Waals surface area contributed by atoms with Crippen LogP contribution in [0.15, 0.2) is 82.4 Å². The molecule has 2 aliphatic rings. The second kappa shape index (κ2) is 6.99. The molecule has 0 fully saturated rings. The summed E-state index contributed by atoms with van der Waals surface area (Å²) in [4.78, 5) is 0. The summed E-state index contributed by atoms with van der Waals surface area (Å²) in [5, 5.41) is 7.07. The molecule has 0 aromatic heterocycles. The first-order chi connectivity index (χ1) is 13.7. The van der Waals surface area contributed by atoms with Crippen molar-refractivity contribution in [2.24, 2.45) is 5.10 Å². The van der Waals surface area contributed by atoms with E-state index in [1.807, 2.05) is 36.4 Å². The van der Waals surface area contributed by atoms with Crippen molar-refractivity contribution in [2.45, 2.75) is 18.7 Å². The number of nitrogens with zero attached hydrogens (tertiary/aromatic N) is 2. The number of rotatable bonds is 3. The first-order valence-corrected chi connectivity index (χ1v) is 10.0. The van der Waals surface area contributed by atoms with Crippen LogP contribution in [0.2, 0.25) is 0 Å². The van der Waals surface area contributed by atoms with Crippen LogP contribution in [-0.2, 0) is 0 Å². The van der Waals surface area contributed by atoms with E-state index in [9.17, 15) is 0 Å². The van der Waals surface area contributed by atoms with Gasteiger partial charge in [0.2, 0.25) is 6.23 Å². The Morgan fingerprint density at radius 2 is 1.79 bits per heavy atom. The second-order valence-corrected chi connectivity index (χ2v) is 7.82. The van der Waals surface area contributed by atoms with Gasteiger partial charge in [0.15, 0.2) is 0 Å². The number of methoxy groups -OCH3 is 1. The lowest BCUT2D eigenvalue weighted by atomic mass is 9.96. The van der Waals surface area contributed by atoms with Gasteiger partial charge in [-0.2, -0.15) is 5.10 Å². The zero-order valence-corrected chi connectivity index (χ0v) is 17.0. The quantitative estimate of drug-likeness (QED) is 0.529. The zero-order valence-electron chi connectivity index (χ0n) is 15.4. The smallest absolute Gasteiger partial charge is 0.217 e. The Morgan fingerprint density at radius 3 is 2.61 bits per heavy atom. The molecule has 3 aromatic carbocycles. The lowest BCUT2D eigenvalue weighted by Gasteiger charge is -2.38. The minimum atomic E-state index is -0.353. The third-order valence-corrected chi connectivity index (χ3v) is 5.76. The van der Waals surface area contributed by atoms with E-state index in [0.717, 1.165) is 39.2 Å². The molecule has 28 heavy (non-hydrogen) atoms. The largest absolute Gasteiger partial charge is 0.496 e. The number of fused-ring (bicyclic) bond motifs is 3. The van der Waals surface area contributed by atoms with Crippen molar-refractivity contribution >= 4 is 21.6 Å². The van der Waals surface area contributed by atoms with Crippen LogP contribution in [0.1, 0.15) is 35.4 Å². The maximum atomic E-state index is 6.43. The predicted molar refractivity (Wildman–Crippen MR) is 113 cm³/mol. The van der Waals surface area contributed by atoms with Crippen molar-refractivity contribution < 1.29 is 9.47 Å². The minimum Gasteiger partial charge on any atom is -0.496 e. The molecular formula is C23H19BrN2O2. The molecule has 0 amide bonds. The number of para-hydroxylation sites is 1. The van der Waals surface area contributed by atoms with Crippen LogP contribution < -0.4 is 9.47 Å². The van der Waals surface area contributed by atoms with Crippen LogP contribution in [0.4, 0.5) is 0 Å². The summed E-state index contributed by atoms with van der Waals surface area (Å²) in [5.74, 6) is 1.69. The molecule has 0 spiro atoms. The monoisotopic (exact) mass is 434 g/mol. The molecule has 0 saturated carbocycles. The first-order valence-electron chi connectivity index (χ1n) is 9.25. The van der Waals surface area contributed by atoms with Crippen molar-refractivity contribution in [3.63, 3.8) is 0 Å². The summed E-state index contributed by atoms with van der Waals surface area (Å²) in [6, 6.07) is 24.7. The van der Waals surface area contributed by atoms with Gasteiger partial charge < -0.3 is 9.47 Å². The maximum Gasteiger partial charge on any atom is 0.217 e. The van der Waals surface area contributed by atoms with Crippen LogP contribution in [0.25, 0.3) is 0 Å². The summed E-state index contributed by atoms with van der Waals surface area (Å²) in [6.45, 7) is 0. The molecule has 5 heteroatoms. The zero-order chi connectivity index (χ0) is 19.1.